The number of rotatable bonds is 15. The maximum Gasteiger partial charge on any atom is 0.253 e. The van der Waals surface area contributed by atoms with Gasteiger partial charge in [0.1, 0.15) is 104 Å². The van der Waals surface area contributed by atoms with Gasteiger partial charge in [0.2, 0.25) is 5.91 Å². The number of amides is 1. The molecule has 0 aromatic rings. The van der Waals surface area contributed by atoms with Gasteiger partial charge < -0.3 is 125 Å². The van der Waals surface area contributed by atoms with Gasteiger partial charge in [0.15, 0.2) is 50.8 Å². The molecule has 356 valence electrons. The van der Waals surface area contributed by atoms with Gasteiger partial charge in [0.05, 0.1) is 33.0 Å². The van der Waals surface area contributed by atoms with Crippen LogP contribution >= 0.6 is 0 Å². The Hall–Kier alpha value is -1.57. The molecule has 1 amide bonds. The lowest BCUT2D eigenvalue weighted by Gasteiger charge is -2.50. The van der Waals surface area contributed by atoms with Crippen LogP contribution in [0.2, 0.25) is 0 Å². The van der Waals surface area contributed by atoms with Crippen LogP contribution in [0, 0.1) is 0 Å². The molecule has 0 aromatic carbocycles. The van der Waals surface area contributed by atoms with Crippen LogP contribution in [0.1, 0.15) is 6.92 Å². The maximum absolute atomic E-state index is 12.5. The molecule has 5 aliphatic heterocycles. The summed E-state index contributed by atoms with van der Waals surface area (Å²) in [7, 11) is 0.997. The molecular formula is C33H58NO27+. The highest BCUT2D eigenvalue weighted by molar-refractivity contribution is 5.73. The topological polar surface area (TPSA) is 439 Å². The third-order valence-corrected chi connectivity index (χ3v) is 11.1. The summed E-state index contributed by atoms with van der Waals surface area (Å²) in [5, 5.41) is 171. The predicted molar refractivity (Wildman–Crippen MR) is 186 cm³/mol. The van der Waals surface area contributed by atoms with Crippen molar-refractivity contribution in [3.05, 3.63) is 0 Å². The van der Waals surface area contributed by atoms with Crippen LogP contribution in [0.5, 0.6) is 0 Å². The van der Waals surface area contributed by atoms with Crippen LogP contribution in [-0.2, 0) is 51.9 Å². The highest BCUT2D eigenvalue weighted by atomic mass is 17.2. The van der Waals surface area contributed by atoms with E-state index in [1.807, 2.05) is 0 Å². The number of carbonyl (C=O) groups excluding carboxylic acids is 1. The molecule has 5 aliphatic rings. The molecule has 0 bridgehead atoms. The SMILES string of the molecule is CC(=O)N[C@H]1[C@H](O[C@H]2[C@@H](O)[C@@H](CO)O[C@H](O[C@@H]3[C@H](O)[C@@H](O)[C@H](O[C@H]4[C@H](O)[C@@H](O)[C@H](O)O[C@@H]4CO)O[C@@H]3CO)[C@@H]2O)O[C@H](CO)[C@H](O)[C@@H]1O[C@@H]1O[C@H](CO)[C@H](O)[C@H]([O+](C)O)[C@H]1O. The van der Waals surface area contributed by atoms with E-state index < -0.39 is 192 Å². The summed E-state index contributed by atoms with van der Waals surface area (Å²) in [5.41, 5.74) is 0. The first-order valence-electron chi connectivity index (χ1n) is 19.2. The molecule has 5 fully saturated rings. The van der Waals surface area contributed by atoms with Crippen LogP contribution in [0.3, 0.4) is 0 Å². The summed E-state index contributed by atoms with van der Waals surface area (Å²) in [6, 6.07) is -1.68. The van der Waals surface area contributed by atoms with E-state index in [9.17, 15) is 86.6 Å². The molecule has 0 aliphatic carbocycles. The zero-order valence-electron chi connectivity index (χ0n) is 32.6. The second-order valence-electron chi connectivity index (χ2n) is 15.2. The van der Waals surface area contributed by atoms with Gasteiger partial charge in [-0.1, -0.05) is 0 Å². The number of ether oxygens (including phenoxy) is 9. The quantitative estimate of drug-likeness (QED) is 0.0412. The number of aliphatic hydroxyl groups excluding tert-OH is 15. The second-order valence-corrected chi connectivity index (χ2v) is 15.2. The predicted octanol–water partition coefficient (Wildman–Crippen LogP) is -11.1. The van der Waals surface area contributed by atoms with Crippen LogP contribution in [0.25, 0.3) is 0 Å². The van der Waals surface area contributed by atoms with Crippen molar-refractivity contribution in [2.24, 2.45) is 0 Å². The first-order chi connectivity index (χ1) is 28.8. The lowest BCUT2D eigenvalue weighted by molar-refractivity contribution is -0.484. The lowest BCUT2D eigenvalue weighted by Crippen LogP contribution is -2.70. The van der Waals surface area contributed by atoms with Crippen molar-refractivity contribution < 1.29 is 134 Å². The van der Waals surface area contributed by atoms with Crippen LogP contribution in [0.4, 0.5) is 0 Å². The summed E-state index contributed by atoms with van der Waals surface area (Å²) < 4.78 is 51.9. The van der Waals surface area contributed by atoms with Crippen LogP contribution < -0.4 is 5.32 Å². The average molecular weight is 901 g/mol. The summed E-state index contributed by atoms with van der Waals surface area (Å²) in [6.45, 7) is -3.58. The molecule has 25 atom stereocenters. The second kappa shape index (κ2) is 21.6. The van der Waals surface area contributed by atoms with Gasteiger partial charge in [0.25, 0.3) is 6.10 Å². The fourth-order valence-corrected chi connectivity index (χ4v) is 7.82. The van der Waals surface area contributed by atoms with E-state index in [-0.39, 0.29) is 0 Å². The Morgan fingerprint density at radius 1 is 0.475 bits per heavy atom. The van der Waals surface area contributed by atoms with Gasteiger partial charge in [-0.15, -0.1) is 5.26 Å². The first kappa shape index (κ1) is 50.4. The summed E-state index contributed by atoms with van der Waals surface area (Å²) in [6.07, 6.45) is -44.0. The van der Waals surface area contributed by atoms with E-state index in [2.05, 4.69) is 5.32 Å². The van der Waals surface area contributed by atoms with E-state index in [1.54, 1.807) is 0 Å². The maximum atomic E-state index is 12.5. The molecule has 28 nitrogen and oxygen atoms in total. The zero-order chi connectivity index (χ0) is 45.2. The normalized spacial score (nSPS) is 49.8. The van der Waals surface area contributed by atoms with E-state index >= 15 is 0 Å². The molecule has 5 saturated heterocycles. The van der Waals surface area contributed by atoms with E-state index in [0.29, 0.717) is 0 Å². The molecule has 0 spiro atoms. The minimum Gasteiger partial charge on any atom is -0.394 e. The van der Waals surface area contributed by atoms with Crippen molar-refractivity contribution in [3.8, 4) is 0 Å². The van der Waals surface area contributed by atoms with E-state index in [1.165, 1.54) is 4.52 Å². The Morgan fingerprint density at radius 3 is 1.38 bits per heavy atom. The van der Waals surface area contributed by atoms with Crippen molar-refractivity contribution in [2.45, 2.75) is 160 Å². The highest BCUT2D eigenvalue weighted by Gasteiger charge is 2.58. The fourth-order valence-electron chi connectivity index (χ4n) is 7.82. The van der Waals surface area contributed by atoms with Gasteiger partial charge >= 0.3 is 0 Å². The van der Waals surface area contributed by atoms with Crippen molar-refractivity contribution >= 4 is 5.91 Å². The van der Waals surface area contributed by atoms with Gasteiger partial charge in [0, 0.05) is 6.92 Å². The smallest absolute Gasteiger partial charge is 0.253 e. The van der Waals surface area contributed by atoms with Gasteiger partial charge in [-0.2, -0.15) is 0 Å². The largest absolute Gasteiger partial charge is 0.394 e. The average Bonchev–Trinajstić information content (AvgIpc) is 3.22. The van der Waals surface area contributed by atoms with Crippen molar-refractivity contribution in [1.29, 1.82) is 0 Å². The Morgan fingerprint density at radius 2 is 0.869 bits per heavy atom. The Bertz CT molecular complexity index is 1370. The number of hydrogen-bond donors (Lipinski definition) is 17. The monoisotopic (exact) mass is 900 g/mol. The summed E-state index contributed by atoms with van der Waals surface area (Å²) >= 11 is 0. The van der Waals surface area contributed by atoms with Crippen LogP contribution in [-0.4, -0.2) is 281 Å². The fraction of sp³-hybridized carbons (Fsp3) is 0.970. The molecule has 0 unspecified atom stereocenters. The van der Waals surface area contributed by atoms with Gasteiger partial charge in [-0.25, -0.2) is 4.52 Å². The minimum atomic E-state index is -2.16. The molecular weight excluding hydrogens is 842 g/mol. The molecule has 28 heteroatoms. The molecule has 61 heavy (non-hydrogen) atoms. The Balaban J connectivity index is 1.37. The lowest BCUT2D eigenvalue weighted by atomic mass is 9.94. The Labute approximate surface area is 345 Å². The summed E-state index contributed by atoms with van der Waals surface area (Å²) in [5.74, 6) is -0.807. The number of aliphatic hydroxyl groups is 15. The summed E-state index contributed by atoms with van der Waals surface area (Å²) in [4.78, 5) is 12.5. The van der Waals surface area contributed by atoms with Gasteiger partial charge in [-0.05, 0) is 0 Å². The molecule has 17 N–H and O–H groups in total. The van der Waals surface area contributed by atoms with Crippen molar-refractivity contribution in [3.63, 3.8) is 0 Å². The molecule has 0 radical (unpaired) electrons. The molecule has 0 saturated carbocycles. The number of nitrogens with one attached hydrogen (secondary N) is 1. The number of hydrogen-bond acceptors (Lipinski definition) is 26. The van der Waals surface area contributed by atoms with Crippen molar-refractivity contribution in [2.75, 3.05) is 40.1 Å². The standard InChI is InChI=1S/C33H57NO27/c1-8(40)34-14-26(59-33-23(49)28(61(2)51)17(43)11(5-37)55-33)15(41)9(3-35)53-30(14)60-27-16(42)10(4-36)54-32(22(27)48)58-25-13(7-39)56-31(21(47)19(25)45)57-24-12(6-38)52-29(50)20(46)18(24)44/h9-33,35-39,41-51H,3-7H2,1-2H3/p+1/t9-,10-,11-,12-,13-,14-,15+,16+,17+,18-,19-,20-,21-,22-,23-,24-,25+,26-,27+,28+,29-,30+,31+,32-,33+/m1/s1. The first-order valence-corrected chi connectivity index (χ1v) is 19.2. The third kappa shape index (κ3) is 10.6. The van der Waals surface area contributed by atoms with E-state index in [4.69, 9.17) is 42.6 Å². The molecule has 5 heterocycles. The molecule has 5 rings (SSSR count). The zero-order valence-corrected chi connectivity index (χ0v) is 32.6. The van der Waals surface area contributed by atoms with E-state index in [0.717, 1.165) is 14.0 Å². The van der Waals surface area contributed by atoms with Gasteiger partial charge in [-0.3, -0.25) is 4.79 Å². The number of carbonyl (C=O) groups is 1. The molecule has 0 aromatic heterocycles. The highest BCUT2D eigenvalue weighted by Crippen LogP contribution is 2.36. The Kier molecular flexibility index (Phi) is 17.9. The minimum absolute atomic E-state index is 0.807. The third-order valence-electron chi connectivity index (χ3n) is 11.1. The van der Waals surface area contributed by atoms with Crippen molar-refractivity contribution in [1.82, 2.24) is 5.32 Å². The van der Waals surface area contributed by atoms with Crippen LogP contribution in [0.15, 0.2) is 0 Å².